The van der Waals surface area contributed by atoms with Gasteiger partial charge in [0.2, 0.25) is 5.95 Å². The highest BCUT2D eigenvalue weighted by molar-refractivity contribution is 5.81. The third kappa shape index (κ3) is 11.0. The standard InChI is InChI=1S/C43H52F6N4O2/c1-41(2,3)55-40(54)53-22-20-29(21-23-53)9-7-8-28-12-14-32(15-13-28)36-18-16-31(30-10-5-4-6-11-30)17-19-38-37(36)27-50-39(52-38)51-35-25-33(42(44,45)46)24-34(26-35)43(47,48)49/h12-15,18,24-27,29-31H,4-11,16-17,19-23H2,1-3H3,(H,50,51,52)/b36-18-/t31-/m1/s1. The van der Waals surface area contributed by atoms with Gasteiger partial charge in [-0.25, -0.2) is 14.8 Å². The summed E-state index contributed by atoms with van der Waals surface area (Å²) in [4.78, 5) is 23.4. The van der Waals surface area contributed by atoms with Gasteiger partial charge in [0.05, 0.1) is 16.8 Å². The summed E-state index contributed by atoms with van der Waals surface area (Å²) < 4.78 is 86.9. The first-order chi connectivity index (χ1) is 26.0. The van der Waals surface area contributed by atoms with Gasteiger partial charge in [-0.1, -0.05) is 62.4 Å². The Labute approximate surface area is 320 Å². The first kappa shape index (κ1) is 40.6. The molecule has 2 fully saturated rings. The van der Waals surface area contributed by atoms with Gasteiger partial charge in [0.1, 0.15) is 5.60 Å². The van der Waals surface area contributed by atoms with Crippen LogP contribution in [-0.2, 0) is 29.9 Å². The molecule has 1 amide bonds. The van der Waals surface area contributed by atoms with Gasteiger partial charge in [0, 0.05) is 30.5 Å². The summed E-state index contributed by atoms with van der Waals surface area (Å²) in [6, 6.07) is 9.96. The van der Waals surface area contributed by atoms with E-state index in [-0.39, 0.29) is 23.8 Å². The fraction of sp³-hybridized carbons (Fsp3) is 0.558. The lowest BCUT2D eigenvalue weighted by atomic mass is 9.74. The molecule has 1 aromatic heterocycles. The van der Waals surface area contributed by atoms with E-state index in [2.05, 4.69) is 40.6 Å². The zero-order valence-corrected chi connectivity index (χ0v) is 32.0. The minimum absolute atomic E-state index is 0.0498. The molecule has 3 aromatic rings. The predicted molar refractivity (Wildman–Crippen MR) is 202 cm³/mol. The van der Waals surface area contributed by atoms with Gasteiger partial charge >= 0.3 is 18.4 Å². The van der Waals surface area contributed by atoms with E-state index in [9.17, 15) is 31.1 Å². The van der Waals surface area contributed by atoms with Crippen LogP contribution in [0.5, 0.6) is 0 Å². The van der Waals surface area contributed by atoms with Crippen molar-refractivity contribution in [1.82, 2.24) is 14.9 Å². The third-order valence-electron chi connectivity index (χ3n) is 11.3. The molecule has 0 radical (unpaired) electrons. The summed E-state index contributed by atoms with van der Waals surface area (Å²) in [5.74, 6) is 1.57. The average Bonchev–Trinajstić information content (AvgIpc) is 3.12. The Kier molecular flexibility index (Phi) is 12.5. The summed E-state index contributed by atoms with van der Waals surface area (Å²) in [6.07, 6.45) is 7.26. The fourth-order valence-electron chi connectivity index (χ4n) is 8.35. The number of alkyl halides is 6. The number of ether oxygens (including phenoxy) is 1. The van der Waals surface area contributed by atoms with Crippen molar-refractivity contribution in [1.29, 1.82) is 0 Å². The highest BCUT2D eigenvalue weighted by atomic mass is 19.4. The number of nitrogens with zero attached hydrogens (tertiary/aromatic N) is 3. The molecule has 3 aliphatic rings. The number of hydrogen-bond donors (Lipinski definition) is 1. The molecule has 2 aliphatic carbocycles. The number of carbonyl (C=O) groups excluding carboxylic acids is 1. The van der Waals surface area contributed by atoms with Crippen molar-refractivity contribution in [2.75, 3.05) is 18.4 Å². The maximum Gasteiger partial charge on any atom is 0.416 e. The lowest BCUT2D eigenvalue weighted by Gasteiger charge is -2.33. The first-order valence-electron chi connectivity index (χ1n) is 19.7. The van der Waals surface area contributed by atoms with Crippen LogP contribution >= 0.6 is 0 Å². The van der Waals surface area contributed by atoms with Crippen molar-refractivity contribution in [3.8, 4) is 0 Å². The van der Waals surface area contributed by atoms with Crippen molar-refractivity contribution in [3.05, 3.63) is 88.2 Å². The molecule has 1 saturated heterocycles. The monoisotopic (exact) mass is 770 g/mol. The summed E-state index contributed by atoms with van der Waals surface area (Å²) in [5.41, 5.74) is 1.08. The molecular weight excluding hydrogens is 718 g/mol. The number of anilines is 2. The van der Waals surface area contributed by atoms with Crippen molar-refractivity contribution in [2.24, 2.45) is 17.8 Å². The van der Waals surface area contributed by atoms with Gasteiger partial charge in [-0.05, 0) is 125 Å². The van der Waals surface area contributed by atoms with Crippen LogP contribution in [-0.4, -0.2) is 39.7 Å². The number of carbonyl (C=O) groups is 1. The van der Waals surface area contributed by atoms with Crippen LogP contribution in [0.3, 0.4) is 0 Å². The Hall–Kier alpha value is -4.09. The van der Waals surface area contributed by atoms with E-state index in [4.69, 9.17) is 9.72 Å². The fourth-order valence-corrected chi connectivity index (χ4v) is 8.35. The summed E-state index contributed by atoms with van der Waals surface area (Å²) >= 11 is 0. The Morgan fingerprint density at radius 2 is 1.51 bits per heavy atom. The molecule has 55 heavy (non-hydrogen) atoms. The number of aryl methyl sites for hydroxylation is 2. The smallest absolute Gasteiger partial charge is 0.416 e. The number of piperidine rings is 1. The molecule has 1 atom stereocenters. The van der Waals surface area contributed by atoms with Crippen molar-refractivity contribution in [3.63, 3.8) is 0 Å². The Bertz CT molecular complexity index is 1770. The highest BCUT2D eigenvalue weighted by Crippen LogP contribution is 2.40. The van der Waals surface area contributed by atoms with Crippen LogP contribution in [0.25, 0.3) is 5.57 Å². The average molecular weight is 771 g/mol. The quantitative estimate of drug-likeness (QED) is 0.231. The molecule has 0 bridgehead atoms. The zero-order valence-electron chi connectivity index (χ0n) is 32.0. The second kappa shape index (κ2) is 17.0. The van der Waals surface area contributed by atoms with E-state index in [1.165, 1.54) is 37.7 Å². The largest absolute Gasteiger partial charge is 0.444 e. The van der Waals surface area contributed by atoms with Crippen LogP contribution in [0.4, 0.5) is 42.8 Å². The van der Waals surface area contributed by atoms with E-state index in [1.54, 1.807) is 6.20 Å². The van der Waals surface area contributed by atoms with E-state index in [1.807, 2.05) is 25.7 Å². The van der Waals surface area contributed by atoms with Crippen LogP contribution in [0.2, 0.25) is 0 Å². The van der Waals surface area contributed by atoms with Crippen LogP contribution in [0.15, 0.2) is 54.7 Å². The number of fused-ring (bicyclic) bond motifs is 1. The maximum atomic E-state index is 13.6. The van der Waals surface area contributed by atoms with Crippen molar-refractivity contribution >= 4 is 23.3 Å². The summed E-state index contributed by atoms with van der Waals surface area (Å²) in [6.45, 7) is 7.08. The zero-order chi connectivity index (χ0) is 39.4. The van der Waals surface area contributed by atoms with Crippen molar-refractivity contribution < 1.29 is 35.9 Å². The van der Waals surface area contributed by atoms with Gasteiger partial charge in [-0.2, -0.15) is 26.3 Å². The number of nitrogens with one attached hydrogen (secondary N) is 1. The van der Waals surface area contributed by atoms with Crippen molar-refractivity contribution in [2.45, 2.75) is 122 Å². The second-order valence-corrected chi connectivity index (χ2v) is 16.5. The number of aromatic nitrogens is 2. The number of rotatable bonds is 8. The Balaban J connectivity index is 1.17. The van der Waals surface area contributed by atoms with Crippen LogP contribution in [0, 0.1) is 17.8 Å². The highest BCUT2D eigenvalue weighted by Gasteiger charge is 2.37. The van der Waals surface area contributed by atoms with E-state index in [0.717, 1.165) is 74.7 Å². The van der Waals surface area contributed by atoms with Crippen LogP contribution in [0.1, 0.15) is 125 Å². The molecular formula is C43H52F6N4O2. The Morgan fingerprint density at radius 1 is 0.855 bits per heavy atom. The molecule has 6 rings (SSSR count). The minimum atomic E-state index is -4.96. The van der Waals surface area contributed by atoms with Gasteiger partial charge in [0.25, 0.3) is 0 Å². The first-order valence-corrected chi connectivity index (χ1v) is 19.7. The van der Waals surface area contributed by atoms with Gasteiger partial charge < -0.3 is 15.0 Å². The van der Waals surface area contributed by atoms with E-state index in [0.29, 0.717) is 42.0 Å². The van der Waals surface area contributed by atoms with Crippen LogP contribution < -0.4 is 5.32 Å². The molecule has 1 aliphatic heterocycles. The predicted octanol–water partition coefficient (Wildman–Crippen LogP) is 12.2. The summed E-state index contributed by atoms with van der Waals surface area (Å²) in [5, 5.41) is 2.65. The van der Waals surface area contributed by atoms with E-state index >= 15 is 0 Å². The molecule has 0 unspecified atom stereocenters. The third-order valence-corrected chi connectivity index (χ3v) is 11.3. The van der Waals surface area contributed by atoms with Gasteiger partial charge in [-0.15, -0.1) is 0 Å². The topological polar surface area (TPSA) is 67.3 Å². The number of likely N-dealkylation sites (tertiary alicyclic amines) is 1. The molecule has 0 spiro atoms. The van der Waals surface area contributed by atoms with Gasteiger partial charge in [-0.3, -0.25) is 0 Å². The number of benzene rings is 2. The molecule has 2 aromatic carbocycles. The maximum absolute atomic E-state index is 13.6. The molecule has 6 nitrogen and oxygen atoms in total. The number of halogens is 6. The molecule has 298 valence electrons. The SMILES string of the molecule is CC(C)(C)OC(=O)N1CCC(CCCc2ccc(/C3=C/C[C@@H](C4CCCCC4)CCc4nc(Nc5cc(C(F)(F)F)cc(C(F)(F)F)c5)ncc43)cc2)CC1. The molecule has 12 heteroatoms. The molecule has 1 saturated carbocycles. The lowest BCUT2D eigenvalue weighted by molar-refractivity contribution is -0.143. The summed E-state index contributed by atoms with van der Waals surface area (Å²) in [7, 11) is 0. The number of hydrogen-bond acceptors (Lipinski definition) is 5. The second-order valence-electron chi connectivity index (χ2n) is 16.5. The molecule has 2 heterocycles. The number of amides is 1. The van der Waals surface area contributed by atoms with E-state index < -0.39 is 29.1 Å². The van der Waals surface area contributed by atoms with Gasteiger partial charge in [0.15, 0.2) is 0 Å². The number of allylic oxidation sites excluding steroid dienone is 1. The molecule has 1 N–H and O–H groups in total. The minimum Gasteiger partial charge on any atom is -0.444 e. The normalized spacial score (nSPS) is 20.2. The Morgan fingerprint density at radius 3 is 2.13 bits per heavy atom. The lowest BCUT2D eigenvalue weighted by Crippen LogP contribution is -2.41.